The fourth-order valence-corrected chi connectivity index (χ4v) is 3.17. The average molecular weight is 392 g/mol. The molecular formula is C22H14F2N2O3. The van der Waals surface area contributed by atoms with Gasteiger partial charge >= 0.3 is 0 Å². The van der Waals surface area contributed by atoms with Crippen LogP contribution in [-0.2, 0) is 6.54 Å². The zero-order valence-electron chi connectivity index (χ0n) is 15.0. The largest absolute Gasteiger partial charge is 0.348 e. The summed E-state index contributed by atoms with van der Waals surface area (Å²) in [5.74, 6) is -2.73. The van der Waals surface area contributed by atoms with E-state index in [2.05, 4.69) is 5.32 Å². The third-order valence-corrected chi connectivity index (χ3v) is 4.61. The van der Waals surface area contributed by atoms with Gasteiger partial charge < -0.3 is 5.32 Å². The molecule has 3 aromatic carbocycles. The zero-order valence-corrected chi connectivity index (χ0v) is 15.0. The molecule has 0 bridgehead atoms. The Bertz CT molecular complexity index is 1130. The van der Waals surface area contributed by atoms with E-state index in [1.807, 2.05) is 0 Å². The maximum absolute atomic E-state index is 13.7. The van der Waals surface area contributed by atoms with Gasteiger partial charge in [-0.15, -0.1) is 0 Å². The Morgan fingerprint density at radius 3 is 2.24 bits per heavy atom. The molecule has 0 atom stereocenters. The van der Waals surface area contributed by atoms with E-state index < -0.39 is 29.4 Å². The van der Waals surface area contributed by atoms with Crippen molar-refractivity contribution in [2.45, 2.75) is 6.54 Å². The lowest BCUT2D eigenvalue weighted by molar-refractivity contribution is 0.0919. The quantitative estimate of drug-likeness (QED) is 0.689. The number of anilines is 1. The molecule has 1 N–H and O–H groups in total. The smallest absolute Gasteiger partial charge is 0.266 e. The van der Waals surface area contributed by atoms with Gasteiger partial charge in [-0.05, 0) is 48.5 Å². The summed E-state index contributed by atoms with van der Waals surface area (Å²) in [6.45, 7) is -0.209. The van der Waals surface area contributed by atoms with Crippen LogP contribution in [0.1, 0.15) is 36.6 Å². The molecule has 3 amide bonds. The number of amides is 3. The molecule has 1 heterocycles. The van der Waals surface area contributed by atoms with Crippen molar-refractivity contribution in [2.24, 2.45) is 0 Å². The SMILES string of the molecule is O=C(NCc1cc(F)ccc1F)c1cccc(N2C(=O)c3ccccc3C2=O)c1. The predicted molar refractivity (Wildman–Crippen MR) is 102 cm³/mol. The normalized spacial score (nSPS) is 12.8. The molecule has 3 aromatic rings. The topological polar surface area (TPSA) is 66.5 Å². The fourth-order valence-electron chi connectivity index (χ4n) is 3.17. The lowest BCUT2D eigenvalue weighted by Crippen LogP contribution is -2.30. The molecule has 0 aliphatic carbocycles. The minimum absolute atomic E-state index is 0.00912. The molecule has 0 saturated heterocycles. The zero-order chi connectivity index (χ0) is 20.5. The summed E-state index contributed by atoms with van der Waals surface area (Å²) < 4.78 is 27.0. The van der Waals surface area contributed by atoms with Crippen LogP contribution in [0.2, 0.25) is 0 Å². The molecule has 0 spiro atoms. The van der Waals surface area contributed by atoms with Gasteiger partial charge in [0.05, 0.1) is 16.8 Å². The standard InChI is InChI=1S/C22H14F2N2O3/c23-15-8-9-19(24)14(10-15)12-25-20(27)13-4-3-5-16(11-13)26-21(28)17-6-1-2-7-18(17)22(26)29/h1-11H,12H2,(H,25,27). The monoisotopic (exact) mass is 392 g/mol. The number of nitrogens with one attached hydrogen (secondary N) is 1. The van der Waals surface area contributed by atoms with Crippen LogP contribution < -0.4 is 10.2 Å². The Morgan fingerprint density at radius 2 is 1.55 bits per heavy atom. The number of fused-ring (bicyclic) bond motifs is 1. The minimum atomic E-state index is -0.633. The highest BCUT2D eigenvalue weighted by Crippen LogP contribution is 2.28. The molecule has 7 heteroatoms. The molecule has 0 unspecified atom stereocenters. The molecule has 29 heavy (non-hydrogen) atoms. The highest BCUT2D eigenvalue weighted by atomic mass is 19.1. The van der Waals surface area contributed by atoms with Gasteiger partial charge in [-0.1, -0.05) is 18.2 Å². The Balaban J connectivity index is 1.55. The van der Waals surface area contributed by atoms with Crippen LogP contribution in [0.3, 0.4) is 0 Å². The summed E-state index contributed by atoms with van der Waals surface area (Å²) in [5.41, 5.74) is 1.04. The Labute approximate surface area is 164 Å². The van der Waals surface area contributed by atoms with E-state index in [1.54, 1.807) is 30.3 Å². The first kappa shape index (κ1) is 18.5. The van der Waals surface area contributed by atoms with E-state index in [0.29, 0.717) is 11.1 Å². The molecule has 0 aromatic heterocycles. The molecule has 4 rings (SSSR count). The number of imide groups is 1. The van der Waals surface area contributed by atoms with Crippen LogP contribution in [-0.4, -0.2) is 17.7 Å². The molecule has 5 nitrogen and oxygen atoms in total. The van der Waals surface area contributed by atoms with Crippen molar-refractivity contribution in [3.63, 3.8) is 0 Å². The lowest BCUT2D eigenvalue weighted by atomic mass is 10.1. The van der Waals surface area contributed by atoms with Crippen LogP contribution in [0, 0.1) is 11.6 Å². The van der Waals surface area contributed by atoms with E-state index in [9.17, 15) is 23.2 Å². The van der Waals surface area contributed by atoms with Gasteiger partial charge in [-0.3, -0.25) is 14.4 Å². The van der Waals surface area contributed by atoms with Crippen molar-refractivity contribution in [1.29, 1.82) is 0 Å². The number of nitrogens with zero attached hydrogens (tertiary/aromatic N) is 1. The van der Waals surface area contributed by atoms with Crippen molar-refractivity contribution in [1.82, 2.24) is 5.32 Å². The first-order chi connectivity index (χ1) is 14.0. The van der Waals surface area contributed by atoms with E-state index in [1.165, 1.54) is 18.2 Å². The second-order valence-electron chi connectivity index (χ2n) is 6.46. The highest BCUT2D eigenvalue weighted by Gasteiger charge is 2.36. The van der Waals surface area contributed by atoms with Gasteiger partial charge in [-0.25, -0.2) is 13.7 Å². The van der Waals surface area contributed by atoms with E-state index in [4.69, 9.17) is 0 Å². The van der Waals surface area contributed by atoms with Gasteiger partial charge in [-0.2, -0.15) is 0 Å². The van der Waals surface area contributed by atoms with Gasteiger partial charge in [0, 0.05) is 17.7 Å². The van der Waals surface area contributed by atoms with E-state index >= 15 is 0 Å². The molecule has 0 saturated carbocycles. The fraction of sp³-hybridized carbons (Fsp3) is 0.0455. The molecule has 0 fully saturated rings. The van der Waals surface area contributed by atoms with Crippen LogP contribution in [0.15, 0.2) is 66.7 Å². The number of hydrogen-bond donors (Lipinski definition) is 1. The van der Waals surface area contributed by atoms with Gasteiger partial charge in [0.2, 0.25) is 0 Å². The van der Waals surface area contributed by atoms with Crippen LogP contribution in [0.25, 0.3) is 0 Å². The first-order valence-corrected chi connectivity index (χ1v) is 8.76. The van der Waals surface area contributed by atoms with Crippen molar-refractivity contribution < 1.29 is 23.2 Å². The summed E-state index contributed by atoms with van der Waals surface area (Å²) in [7, 11) is 0. The van der Waals surface area contributed by atoms with Crippen LogP contribution >= 0.6 is 0 Å². The predicted octanol–water partition coefficient (Wildman–Crippen LogP) is 3.70. The summed E-state index contributed by atoms with van der Waals surface area (Å²) in [5, 5.41) is 2.51. The van der Waals surface area contributed by atoms with Crippen molar-refractivity contribution >= 4 is 23.4 Å². The summed E-state index contributed by atoms with van der Waals surface area (Å²) in [4.78, 5) is 38.6. The second kappa shape index (κ2) is 7.27. The van der Waals surface area contributed by atoms with Gasteiger partial charge in [0.15, 0.2) is 0 Å². The molecule has 144 valence electrons. The van der Waals surface area contributed by atoms with E-state index in [0.717, 1.165) is 23.1 Å². The molecular weight excluding hydrogens is 378 g/mol. The number of hydrogen-bond acceptors (Lipinski definition) is 3. The maximum atomic E-state index is 13.7. The third kappa shape index (κ3) is 3.38. The highest BCUT2D eigenvalue weighted by molar-refractivity contribution is 6.34. The van der Waals surface area contributed by atoms with Gasteiger partial charge in [0.1, 0.15) is 11.6 Å². The second-order valence-corrected chi connectivity index (χ2v) is 6.46. The Morgan fingerprint density at radius 1 is 0.862 bits per heavy atom. The van der Waals surface area contributed by atoms with Gasteiger partial charge in [0.25, 0.3) is 17.7 Å². The maximum Gasteiger partial charge on any atom is 0.266 e. The number of benzene rings is 3. The number of carbonyl (C=O) groups excluding carboxylic acids is 3. The van der Waals surface area contributed by atoms with E-state index in [-0.39, 0.29) is 23.4 Å². The third-order valence-electron chi connectivity index (χ3n) is 4.61. The Kier molecular flexibility index (Phi) is 4.64. The van der Waals surface area contributed by atoms with Crippen molar-refractivity contribution in [3.05, 3.63) is 101 Å². The van der Waals surface area contributed by atoms with Crippen LogP contribution in [0.4, 0.5) is 14.5 Å². The van der Waals surface area contributed by atoms with Crippen molar-refractivity contribution in [2.75, 3.05) is 4.90 Å². The molecule has 1 aliphatic rings. The van der Waals surface area contributed by atoms with Crippen LogP contribution in [0.5, 0.6) is 0 Å². The summed E-state index contributed by atoms with van der Waals surface area (Å²) in [6.07, 6.45) is 0. The summed E-state index contributed by atoms with van der Waals surface area (Å²) in [6, 6.07) is 15.4. The first-order valence-electron chi connectivity index (χ1n) is 8.76. The molecule has 0 radical (unpaired) electrons. The lowest BCUT2D eigenvalue weighted by Gasteiger charge is -2.15. The minimum Gasteiger partial charge on any atom is -0.348 e. The number of halogens is 2. The average Bonchev–Trinajstić information content (AvgIpc) is 2.99. The number of carbonyl (C=O) groups is 3. The van der Waals surface area contributed by atoms with Crippen molar-refractivity contribution in [3.8, 4) is 0 Å². The Hall–Kier alpha value is -3.87. The number of rotatable bonds is 4. The summed E-state index contributed by atoms with van der Waals surface area (Å²) >= 11 is 0. The molecule has 1 aliphatic heterocycles.